The predicted molar refractivity (Wildman–Crippen MR) is 99.1 cm³/mol. The molecule has 1 unspecified atom stereocenters. The summed E-state index contributed by atoms with van der Waals surface area (Å²) in [5, 5.41) is 7.04. The van der Waals surface area contributed by atoms with Crippen molar-refractivity contribution in [2.45, 2.75) is 25.8 Å². The van der Waals surface area contributed by atoms with E-state index in [1.165, 1.54) is 6.07 Å². The van der Waals surface area contributed by atoms with Crippen molar-refractivity contribution in [3.05, 3.63) is 89.0 Å². The van der Waals surface area contributed by atoms with Gasteiger partial charge in [-0.3, -0.25) is 9.89 Å². The van der Waals surface area contributed by atoms with Gasteiger partial charge in [-0.1, -0.05) is 48.5 Å². The summed E-state index contributed by atoms with van der Waals surface area (Å²) >= 11 is 0. The smallest absolute Gasteiger partial charge is 0.223 e. The highest BCUT2D eigenvalue weighted by molar-refractivity contribution is 5.77. The first kappa shape index (κ1) is 17.9. The van der Waals surface area contributed by atoms with Crippen molar-refractivity contribution in [2.24, 2.45) is 0 Å². The molecule has 0 fully saturated rings. The molecule has 0 bridgehead atoms. The average molecular weight is 351 g/mol. The third-order valence-electron chi connectivity index (χ3n) is 4.45. The number of carbonyl (C=O) groups is 1. The van der Waals surface area contributed by atoms with Gasteiger partial charge in [-0.25, -0.2) is 4.39 Å². The van der Waals surface area contributed by atoms with Crippen LogP contribution in [0.5, 0.6) is 0 Å². The molecule has 1 atom stereocenters. The highest BCUT2D eigenvalue weighted by Gasteiger charge is 2.23. The maximum atomic E-state index is 14.4. The number of carbonyl (C=O) groups excluding carboxylic acids is 1. The standard InChI is InChI=1S/C21H22FN3O/c1-15-12-17(24-23-15)14-25(2)21(26)13-19(16-8-4-3-5-9-16)18-10-6-7-11-20(18)22/h3-12,19H,13-14H2,1-2H3,(H,23,24). The molecule has 4 nitrogen and oxygen atoms in total. The molecular weight excluding hydrogens is 329 g/mol. The predicted octanol–water partition coefficient (Wildman–Crippen LogP) is 4.04. The summed E-state index contributed by atoms with van der Waals surface area (Å²) in [6, 6.07) is 18.1. The van der Waals surface area contributed by atoms with Gasteiger partial charge in [0.1, 0.15) is 5.82 Å². The molecule has 2 aromatic carbocycles. The summed E-state index contributed by atoms with van der Waals surface area (Å²) in [6.07, 6.45) is 0.199. The van der Waals surface area contributed by atoms with E-state index in [9.17, 15) is 9.18 Å². The van der Waals surface area contributed by atoms with Gasteiger partial charge in [-0.2, -0.15) is 5.10 Å². The lowest BCUT2D eigenvalue weighted by Crippen LogP contribution is -2.28. The molecule has 0 spiro atoms. The van der Waals surface area contributed by atoms with Crippen LogP contribution in [-0.4, -0.2) is 28.1 Å². The van der Waals surface area contributed by atoms with Crippen molar-refractivity contribution in [3.8, 4) is 0 Å². The first-order valence-corrected chi connectivity index (χ1v) is 8.59. The zero-order valence-corrected chi connectivity index (χ0v) is 14.9. The third-order valence-corrected chi connectivity index (χ3v) is 4.45. The molecule has 26 heavy (non-hydrogen) atoms. The van der Waals surface area contributed by atoms with Gasteiger partial charge < -0.3 is 4.90 Å². The van der Waals surface area contributed by atoms with Crippen LogP contribution in [0.2, 0.25) is 0 Å². The van der Waals surface area contributed by atoms with Crippen molar-refractivity contribution in [1.82, 2.24) is 15.1 Å². The van der Waals surface area contributed by atoms with Crippen LogP contribution < -0.4 is 0 Å². The Kier molecular flexibility index (Phi) is 5.46. The Hall–Kier alpha value is -2.95. The van der Waals surface area contributed by atoms with E-state index in [2.05, 4.69) is 10.2 Å². The first-order chi connectivity index (χ1) is 12.5. The molecule has 0 aliphatic carbocycles. The molecule has 1 amide bonds. The van der Waals surface area contributed by atoms with Crippen molar-refractivity contribution in [3.63, 3.8) is 0 Å². The molecule has 3 rings (SSSR count). The van der Waals surface area contributed by atoms with Crippen LogP contribution in [0.4, 0.5) is 4.39 Å². The SMILES string of the molecule is Cc1cc(CN(C)C(=O)CC(c2ccccc2)c2ccccc2F)n[nH]1. The largest absolute Gasteiger partial charge is 0.340 e. The van der Waals surface area contributed by atoms with Crippen molar-refractivity contribution >= 4 is 5.91 Å². The molecular formula is C21H22FN3O. The lowest BCUT2D eigenvalue weighted by atomic mass is 9.88. The molecule has 0 radical (unpaired) electrons. The van der Waals surface area contributed by atoms with E-state index < -0.39 is 0 Å². The van der Waals surface area contributed by atoms with Gasteiger partial charge >= 0.3 is 0 Å². The van der Waals surface area contributed by atoms with Gasteiger partial charge in [0.15, 0.2) is 0 Å². The molecule has 5 heteroatoms. The fraction of sp³-hybridized carbons (Fsp3) is 0.238. The van der Waals surface area contributed by atoms with Crippen LogP contribution in [-0.2, 0) is 11.3 Å². The van der Waals surface area contributed by atoms with Crippen LogP contribution in [0.25, 0.3) is 0 Å². The Labute approximate surface area is 152 Å². The number of rotatable bonds is 6. The Morgan fingerprint density at radius 3 is 2.50 bits per heavy atom. The minimum Gasteiger partial charge on any atom is -0.340 e. The summed E-state index contributed by atoms with van der Waals surface area (Å²) in [5.74, 6) is -0.671. The Balaban J connectivity index is 1.81. The van der Waals surface area contributed by atoms with Gasteiger partial charge in [-0.05, 0) is 30.2 Å². The van der Waals surface area contributed by atoms with Gasteiger partial charge in [0.05, 0.1) is 12.2 Å². The van der Waals surface area contributed by atoms with E-state index >= 15 is 0 Å². The number of amides is 1. The van der Waals surface area contributed by atoms with Gasteiger partial charge in [0.2, 0.25) is 5.91 Å². The van der Waals surface area contributed by atoms with E-state index in [0.29, 0.717) is 12.1 Å². The first-order valence-electron chi connectivity index (χ1n) is 8.59. The quantitative estimate of drug-likeness (QED) is 0.729. The monoisotopic (exact) mass is 351 g/mol. The number of hydrogen-bond acceptors (Lipinski definition) is 2. The summed E-state index contributed by atoms with van der Waals surface area (Å²) in [6.45, 7) is 2.34. The summed E-state index contributed by atoms with van der Waals surface area (Å²) < 4.78 is 14.4. The number of aromatic amines is 1. The highest BCUT2D eigenvalue weighted by atomic mass is 19.1. The Morgan fingerprint density at radius 2 is 1.85 bits per heavy atom. The molecule has 134 valence electrons. The molecule has 1 N–H and O–H groups in total. The number of nitrogens with one attached hydrogen (secondary N) is 1. The molecule has 1 aromatic heterocycles. The lowest BCUT2D eigenvalue weighted by molar-refractivity contribution is -0.130. The van der Waals surface area contributed by atoms with Crippen LogP contribution in [0.3, 0.4) is 0 Å². The fourth-order valence-corrected chi connectivity index (χ4v) is 3.07. The van der Waals surface area contributed by atoms with Gasteiger partial charge in [-0.15, -0.1) is 0 Å². The summed E-state index contributed by atoms with van der Waals surface area (Å²) in [5.41, 5.74) is 3.22. The Bertz CT molecular complexity index is 876. The fourth-order valence-electron chi connectivity index (χ4n) is 3.07. The second-order valence-electron chi connectivity index (χ2n) is 6.48. The lowest BCUT2D eigenvalue weighted by Gasteiger charge is -2.22. The van der Waals surface area contributed by atoms with Crippen LogP contribution in [0, 0.1) is 12.7 Å². The number of halogens is 1. The van der Waals surface area contributed by atoms with Gasteiger partial charge in [0, 0.05) is 25.1 Å². The number of hydrogen-bond donors (Lipinski definition) is 1. The molecule has 3 aromatic rings. The topological polar surface area (TPSA) is 49.0 Å². The second-order valence-corrected chi connectivity index (χ2v) is 6.48. The normalized spacial score (nSPS) is 12.0. The number of H-pyrrole nitrogens is 1. The van der Waals surface area contributed by atoms with Crippen molar-refractivity contribution in [1.29, 1.82) is 0 Å². The van der Waals surface area contributed by atoms with Crippen LogP contribution in [0.15, 0.2) is 60.7 Å². The number of aromatic nitrogens is 2. The molecule has 0 saturated heterocycles. The zero-order valence-electron chi connectivity index (χ0n) is 14.9. The molecule has 0 saturated carbocycles. The third kappa shape index (κ3) is 4.17. The summed E-state index contributed by atoms with van der Waals surface area (Å²) in [4.78, 5) is 14.4. The average Bonchev–Trinajstić information content (AvgIpc) is 3.05. The number of nitrogens with zero attached hydrogens (tertiary/aromatic N) is 2. The van der Waals surface area contributed by atoms with Crippen LogP contribution in [0.1, 0.15) is 34.9 Å². The van der Waals surface area contributed by atoms with Crippen molar-refractivity contribution < 1.29 is 9.18 Å². The van der Waals surface area contributed by atoms with Crippen molar-refractivity contribution in [2.75, 3.05) is 7.05 Å². The minimum atomic E-state index is -0.326. The minimum absolute atomic E-state index is 0.0530. The van der Waals surface area contributed by atoms with E-state index in [-0.39, 0.29) is 24.1 Å². The highest BCUT2D eigenvalue weighted by Crippen LogP contribution is 2.30. The van der Waals surface area contributed by atoms with E-state index in [1.54, 1.807) is 30.1 Å². The maximum absolute atomic E-state index is 14.4. The van der Waals surface area contributed by atoms with Gasteiger partial charge in [0.25, 0.3) is 0 Å². The maximum Gasteiger partial charge on any atom is 0.223 e. The van der Waals surface area contributed by atoms with Crippen LogP contribution >= 0.6 is 0 Å². The number of aryl methyl sites for hydroxylation is 1. The van der Waals surface area contributed by atoms with E-state index in [4.69, 9.17) is 0 Å². The molecule has 0 aliphatic heterocycles. The summed E-state index contributed by atoms with van der Waals surface area (Å²) in [7, 11) is 1.75. The molecule has 1 heterocycles. The number of benzene rings is 2. The Morgan fingerprint density at radius 1 is 1.15 bits per heavy atom. The molecule has 0 aliphatic rings. The zero-order chi connectivity index (χ0) is 18.5. The second kappa shape index (κ2) is 7.95. The van der Waals surface area contributed by atoms with E-state index in [0.717, 1.165) is 17.0 Å². The van der Waals surface area contributed by atoms with E-state index in [1.807, 2.05) is 43.3 Å².